The molecule has 0 saturated heterocycles. The number of thioether (sulfide) groups is 1. The predicted octanol–water partition coefficient (Wildman–Crippen LogP) is 2.61. The maximum Gasteiger partial charge on any atom is 0.371 e. The lowest BCUT2D eigenvalue weighted by Gasteiger charge is -1.92. The second kappa shape index (κ2) is 5.72. The van der Waals surface area contributed by atoms with Gasteiger partial charge in [-0.2, -0.15) is 4.98 Å². The van der Waals surface area contributed by atoms with Crippen LogP contribution in [0.25, 0.3) is 0 Å². The van der Waals surface area contributed by atoms with Gasteiger partial charge in [0.1, 0.15) is 0 Å². The highest BCUT2D eigenvalue weighted by Crippen LogP contribution is 2.24. The maximum atomic E-state index is 10.6. The number of rotatable bonds is 6. The van der Waals surface area contributed by atoms with Crippen molar-refractivity contribution in [2.24, 2.45) is 0 Å². The Hall–Kier alpha value is -1.76. The van der Waals surface area contributed by atoms with Crippen molar-refractivity contribution in [3.8, 4) is 0 Å². The summed E-state index contributed by atoms with van der Waals surface area (Å²) in [6.45, 7) is 2.04. The summed E-state index contributed by atoms with van der Waals surface area (Å²) < 4.78 is 10.1. The number of carboxylic acid groups (broad SMARTS) is 1. The number of furan rings is 1. The molecular weight excluding hydrogens is 256 g/mol. The van der Waals surface area contributed by atoms with E-state index in [0.717, 1.165) is 12.8 Å². The highest BCUT2D eigenvalue weighted by atomic mass is 32.2. The van der Waals surface area contributed by atoms with Crippen LogP contribution in [0.15, 0.2) is 26.2 Å². The molecule has 0 spiro atoms. The quantitative estimate of drug-likeness (QED) is 0.805. The monoisotopic (exact) mass is 268 g/mol. The molecule has 2 rings (SSSR count). The minimum absolute atomic E-state index is 0.0720. The number of hydrogen-bond donors (Lipinski definition) is 1. The number of carboxylic acids is 1. The highest BCUT2D eigenvalue weighted by Gasteiger charge is 2.11. The summed E-state index contributed by atoms with van der Waals surface area (Å²) in [5.41, 5.74) is 0. The smallest absolute Gasteiger partial charge is 0.371 e. The van der Waals surface area contributed by atoms with Crippen molar-refractivity contribution in [3.63, 3.8) is 0 Å². The molecule has 1 N–H and O–H groups in total. The third kappa shape index (κ3) is 3.13. The van der Waals surface area contributed by atoms with E-state index in [1.807, 2.05) is 6.92 Å². The Morgan fingerprint density at radius 1 is 1.50 bits per heavy atom. The van der Waals surface area contributed by atoms with E-state index < -0.39 is 5.97 Å². The lowest BCUT2D eigenvalue weighted by molar-refractivity contribution is 0.0656. The van der Waals surface area contributed by atoms with Gasteiger partial charge in [-0.3, -0.25) is 0 Å². The number of carbonyl (C=O) groups is 1. The Kier molecular flexibility index (Phi) is 4.03. The number of hydrogen-bond acceptors (Lipinski definition) is 6. The van der Waals surface area contributed by atoms with Gasteiger partial charge in [0.15, 0.2) is 10.9 Å². The van der Waals surface area contributed by atoms with Crippen LogP contribution in [0.3, 0.4) is 0 Å². The van der Waals surface area contributed by atoms with Gasteiger partial charge in [-0.15, -0.1) is 0 Å². The van der Waals surface area contributed by atoms with Crippen LogP contribution in [-0.2, 0) is 12.2 Å². The summed E-state index contributed by atoms with van der Waals surface area (Å²) >= 11 is 1.33. The van der Waals surface area contributed by atoms with E-state index in [-0.39, 0.29) is 5.76 Å². The summed E-state index contributed by atoms with van der Waals surface area (Å²) in [5.74, 6) is 0.541. The zero-order chi connectivity index (χ0) is 13.0. The van der Waals surface area contributed by atoms with Gasteiger partial charge in [-0.05, 0) is 18.6 Å². The predicted molar refractivity (Wildman–Crippen MR) is 63.5 cm³/mol. The molecule has 0 unspecified atom stereocenters. The van der Waals surface area contributed by atoms with E-state index >= 15 is 0 Å². The standard InChI is InChI=1S/C11H12N2O4S/c1-2-3-9-12-8(13-17-9)6-18-10-5-4-7(16-10)11(14)15/h4-5H,2-3,6H2,1H3,(H,14,15). The molecule has 96 valence electrons. The summed E-state index contributed by atoms with van der Waals surface area (Å²) in [7, 11) is 0. The first-order chi connectivity index (χ1) is 8.69. The van der Waals surface area contributed by atoms with Crippen LogP contribution in [0.2, 0.25) is 0 Å². The van der Waals surface area contributed by atoms with E-state index in [1.54, 1.807) is 6.07 Å². The fraction of sp³-hybridized carbons (Fsp3) is 0.364. The van der Waals surface area contributed by atoms with Crippen molar-refractivity contribution in [2.75, 3.05) is 0 Å². The molecule has 0 amide bonds. The Morgan fingerprint density at radius 2 is 2.33 bits per heavy atom. The first-order valence-corrected chi connectivity index (χ1v) is 6.45. The van der Waals surface area contributed by atoms with E-state index in [1.165, 1.54) is 17.8 Å². The second-order valence-corrected chi connectivity index (χ2v) is 4.55. The average Bonchev–Trinajstić information content (AvgIpc) is 2.95. The van der Waals surface area contributed by atoms with Crippen molar-refractivity contribution >= 4 is 17.7 Å². The molecule has 2 heterocycles. The van der Waals surface area contributed by atoms with Crippen LogP contribution in [-0.4, -0.2) is 21.2 Å². The van der Waals surface area contributed by atoms with Gasteiger partial charge in [-0.1, -0.05) is 23.8 Å². The van der Waals surface area contributed by atoms with Crippen LogP contribution < -0.4 is 0 Å². The lowest BCUT2D eigenvalue weighted by atomic mass is 10.3. The van der Waals surface area contributed by atoms with Gasteiger partial charge >= 0.3 is 5.97 Å². The molecule has 7 heteroatoms. The van der Waals surface area contributed by atoms with Gasteiger partial charge < -0.3 is 14.0 Å². The molecule has 0 aliphatic carbocycles. The van der Waals surface area contributed by atoms with Crippen LogP contribution >= 0.6 is 11.8 Å². The molecule has 0 fully saturated rings. The fourth-order valence-corrected chi connectivity index (χ4v) is 2.01. The first kappa shape index (κ1) is 12.7. The van der Waals surface area contributed by atoms with E-state index in [0.29, 0.717) is 22.6 Å². The SMILES string of the molecule is CCCc1nc(CSc2ccc(C(=O)O)o2)no1. The molecular formula is C11H12N2O4S. The summed E-state index contributed by atoms with van der Waals surface area (Å²) in [6.07, 6.45) is 1.72. The molecule has 6 nitrogen and oxygen atoms in total. The highest BCUT2D eigenvalue weighted by molar-refractivity contribution is 7.98. The molecule has 2 aromatic rings. The number of aromatic carboxylic acids is 1. The molecule has 0 aromatic carbocycles. The van der Waals surface area contributed by atoms with Crippen molar-refractivity contribution in [1.29, 1.82) is 0 Å². The minimum atomic E-state index is -1.08. The largest absolute Gasteiger partial charge is 0.475 e. The Bertz CT molecular complexity index is 535. The molecule has 0 saturated carbocycles. The van der Waals surface area contributed by atoms with E-state index in [2.05, 4.69) is 10.1 Å². The number of nitrogens with zero attached hydrogens (tertiary/aromatic N) is 2. The Balaban J connectivity index is 1.91. The molecule has 0 aliphatic rings. The average molecular weight is 268 g/mol. The van der Waals surface area contributed by atoms with E-state index in [4.69, 9.17) is 14.0 Å². The first-order valence-electron chi connectivity index (χ1n) is 5.46. The van der Waals surface area contributed by atoms with E-state index in [9.17, 15) is 4.79 Å². The topological polar surface area (TPSA) is 89.4 Å². The lowest BCUT2D eigenvalue weighted by Crippen LogP contribution is -1.91. The van der Waals surface area contributed by atoms with Gasteiger partial charge in [-0.25, -0.2) is 4.79 Å². The molecule has 0 radical (unpaired) electrons. The van der Waals surface area contributed by atoms with Crippen LogP contribution in [0.1, 0.15) is 35.6 Å². The minimum Gasteiger partial charge on any atom is -0.475 e. The number of aryl methyl sites for hydroxylation is 1. The second-order valence-electron chi connectivity index (χ2n) is 3.57. The van der Waals surface area contributed by atoms with Crippen LogP contribution in [0.5, 0.6) is 0 Å². The van der Waals surface area contributed by atoms with Crippen LogP contribution in [0.4, 0.5) is 0 Å². The third-order valence-corrected chi connectivity index (χ3v) is 3.02. The summed E-state index contributed by atoms with van der Waals surface area (Å²) in [5, 5.41) is 13.1. The number of aromatic nitrogens is 2. The van der Waals surface area contributed by atoms with Crippen molar-refractivity contribution < 1.29 is 18.8 Å². The molecule has 0 bridgehead atoms. The normalized spacial score (nSPS) is 10.7. The Morgan fingerprint density at radius 3 is 3.00 bits per heavy atom. The zero-order valence-electron chi connectivity index (χ0n) is 9.75. The zero-order valence-corrected chi connectivity index (χ0v) is 10.6. The molecule has 18 heavy (non-hydrogen) atoms. The fourth-order valence-electron chi connectivity index (χ4n) is 1.31. The summed E-state index contributed by atoms with van der Waals surface area (Å²) in [6, 6.07) is 3.03. The van der Waals surface area contributed by atoms with Gasteiger partial charge in [0.25, 0.3) is 0 Å². The molecule has 2 aromatic heterocycles. The van der Waals surface area contributed by atoms with Gasteiger partial charge in [0, 0.05) is 6.42 Å². The molecule has 0 atom stereocenters. The Labute approximate surface area is 107 Å². The van der Waals surface area contributed by atoms with Crippen LogP contribution in [0, 0.1) is 0 Å². The van der Waals surface area contributed by atoms with Crippen molar-refractivity contribution in [2.45, 2.75) is 30.6 Å². The maximum absolute atomic E-state index is 10.6. The summed E-state index contributed by atoms with van der Waals surface area (Å²) in [4.78, 5) is 14.8. The molecule has 0 aliphatic heterocycles. The van der Waals surface area contributed by atoms with Gasteiger partial charge in [0.05, 0.1) is 5.75 Å². The van der Waals surface area contributed by atoms with Crippen molar-refractivity contribution in [1.82, 2.24) is 10.1 Å². The third-order valence-electron chi connectivity index (χ3n) is 2.11. The van der Waals surface area contributed by atoms with Crippen molar-refractivity contribution in [3.05, 3.63) is 29.6 Å². The van der Waals surface area contributed by atoms with Gasteiger partial charge in [0.2, 0.25) is 11.7 Å².